The summed E-state index contributed by atoms with van der Waals surface area (Å²) in [4.78, 5) is 13.5. The molecule has 0 bridgehead atoms. The summed E-state index contributed by atoms with van der Waals surface area (Å²) < 4.78 is 13.2. The Morgan fingerprint density at radius 2 is 2.25 bits per heavy atom. The van der Waals surface area contributed by atoms with Gasteiger partial charge in [0.05, 0.1) is 5.69 Å². The van der Waals surface area contributed by atoms with Crippen LogP contribution in [0.25, 0.3) is 0 Å². The van der Waals surface area contributed by atoms with Crippen LogP contribution in [0.15, 0.2) is 18.2 Å². The van der Waals surface area contributed by atoms with Crippen LogP contribution in [0, 0.1) is 11.7 Å². The number of anilines is 1. The molecule has 3 nitrogen and oxygen atoms in total. The zero-order chi connectivity index (χ0) is 11.7. The van der Waals surface area contributed by atoms with Gasteiger partial charge in [-0.2, -0.15) is 0 Å². The molecule has 1 aliphatic rings. The fourth-order valence-corrected chi connectivity index (χ4v) is 1.65. The second kappa shape index (κ2) is 4.12. The highest BCUT2D eigenvalue weighted by molar-refractivity contribution is 5.94. The highest BCUT2D eigenvalue weighted by atomic mass is 19.1. The number of carbonyl (C=O) groups is 1. The van der Waals surface area contributed by atoms with Gasteiger partial charge in [-0.3, -0.25) is 4.79 Å². The smallest absolute Gasteiger partial charge is 0.253 e. The Balaban J connectivity index is 2.09. The molecule has 0 heterocycles. The molecule has 0 aromatic heterocycles. The number of nitrogens with two attached hydrogens (primary N) is 1. The topological polar surface area (TPSA) is 46.3 Å². The number of nitrogens with zero attached hydrogens (tertiary/aromatic N) is 1. The lowest BCUT2D eigenvalue weighted by Crippen LogP contribution is -2.28. The summed E-state index contributed by atoms with van der Waals surface area (Å²) in [7, 11) is 1.74. The molecule has 0 radical (unpaired) electrons. The Labute approximate surface area is 94.0 Å². The van der Waals surface area contributed by atoms with Gasteiger partial charge in [0.25, 0.3) is 5.91 Å². The van der Waals surface area contributed by atoms with Crippen LogP contribution in [0.4, 0.5) is 10.1 Å². The monoisotopic (exact) mass is 222 g/mol. The molecule has 1 amide bonds. The van der Waals surface area contributed by atoms with Crippen LogP contribution in [0.5, 0.6) is 0 Å². The molecule has 1 saturated carbocycles. The first-order valence-corrected chi connectivity index (χ1v) is 5.38. The van der Waals surface area contributed by atoms with E-state index >= 15 is 0 Å². The number of hydrogen-bond donors (Lipinski definition) is 1. The van der Waals surface area contributed by atoms with Crippen LogP contribution < -0.4 is 5.73 Å². The lowest BCUT2D eigenvalue weighted by atomic mass is 10.1. The summed E-state index contributed by atoms with van der Waals surface area (Å²) in [5.74, 6) is -0.0518. The molecule has 1 fully saturated rings. The van der Waals surface area contributed by atoms with E-state index in [9.17, 15) is 9.18 Å². The third-order valence-electron chi connectivity index (χ3n) is 2.82. The maximum atomic E-state index is 13.2. The highest BCUT2D eigenvalue weighted by Crippen LogP contribution is 2.29. The zero-order valence-corrected chi connectivity index (χ0v) is 9.24. The Bertz CT molecular complexity index is 415. The van der Waals surface area contributed by atoms with Crippen molar-refractivity contribution in [3.63, 3.8) is 0 Å². The Hall–Kier alpha value is -1.58. The summed E-state index contributed by atoms with van der Waals surface area (Å²) in [5.41, 5.74) is 5.78. The molecular formula is C12H15FN2O. The standard InChI is InChI=1S/C12H15FN2O/c1-15(7-8-2-3-8)12(16)9-4-5-11(14)10(13)6-9/h4-6,8H,2-3,7,14H2,1H3. The molecule has 0 aliphatic heterocycles. The van der Waals surface area contributed by atoms with Gasteiger partial charge in [0.2, 0.25) is 0 Å². The lowest BCUT2D eigenvalue weighted by molar-refractivity contribution is 0.0788. The first kappa shape index (κ1) is 10.9. The number of rotatable bonds is 3. The minimum Gasteiger partial charge on any atom is -0.396 e. The molecule has 16 heavy (non-hydrogen) atoms. The average Bonchev–Trinajstić information content (AvgIpc) is 3.05. The van der Waals surface area contributed by atoms with Crippen LogP contribution in [0.2, 0.25) is 0 Å². The van der Waals surface area contributed by atoms with Crippen LogP contribution in [0.1, 0.15) is 23.2 Å². The molecule has 1 aromatic rings. The van der Waals surface area contributed by atoms with Gasteiger partial charge in [-0.1, -0.05) is 0 Å². The van der Waals surface area contributed by atoms with E-state index in [1.807, 2.05) is 0 Å². The molecule has 86 valence electrons. The zero-order valence-electron chi connectivity index (χ0n) is 9.24. The number of carbonyl (C=O) groups excluding carboxylic acids is 1. The molecule has 0 unspecified atom stereocenters. The Kier molecular flexibility index (Phi) is 2.81. The first-order valence-electron chi connectivity index (χ1n) is 5.38. The quantitative estimate of drug-likeness (QED) is 0.794. The first-order chi connectivity index (χ1) is 7.58. The number of amides is 1. The maximum absolute atomic E-state index is 13.2. The maximum Gasteiger partial charge on any atom is 0.253 e. The van der Waals surface area contributed by atoms with Crippen molar-refractivity contribution in [2.24, 2.45) is 5.92 Å². The summed E-state index contributed by atoms with van der Waals surface area (Å²) in [6.45, 7) is 0.755. The van der Waals surface area contributed by atoms with Gasteiger partial charge in [-0.05, 0) is 37.0 Å². The van der Waals surface area contributed by atoms with Gasteiger partial charge in [0, 0.05) is 19.2 Å². The van der Waals surface area contributed by atoms with Gasteiger partial charge < -0.3 is 10.6 Å². The van der Waals surface area contributed by atoms with E-state index in [0.717, 1.165) is 6.54 Å². The molecule has 0 spiro atoms. The van der Waals surface area contributed by atoms with Crippen molar-refractivity contribution in [1.29, 1.82) is 0 Å². The van der Waals surface area contributed by atoms with Crippen molar-refractivity contribution in [1.82, 2.24) is 4.90 Å². The van der Waals surface area contributed by atoms with Gasteiger partial charge in [-0.25, -0.2) is 4.39 Å². The summed E-state index contributed by atoms with van der Waals surface area (Å²) in [6, 6.07) is 4.18. The van der Waals surface area contributed by atoms with Gasteiger partial charge in [0.1, 0.15) is 5.82 Å². The van der Waals surface area contributed by atoms with Crippen molar-refractivity contribution in [2.75, 3.05) is 19.3 Å². The van der Waals surface area contributed by atoms with Crippen molar-refractivity contribution in [3.05, 3.63) is 29.6 Å². The van der Waals surface area contributed by atoms with E-state index < -0.39 is 5.82 Å². The van der Waals surface area contributed by atoms with E-state index in [1.165, 1.54) is 25.0 Å². The van der Waals surface area contributed by atoms with Crippen molar-refractivity contribution in [3.8, 4) is 0 Å². The Morgan fingerprint density at radius 1 is 1.56 bits per heavy atom. The van der Waals surface area contributed by atoms with Crippen LogP contribution in [-0.2, 0) is 0 Å². The minimum absolute atomic E-state index is 0.0707. The van der Waals surface area contributed by atoms with Crippen molar-refractivity contribution in [2.45, 2.75) is 12.8 Å². The fraction of sp³-hybridized carbons (Fsp3) is 0.417. The number of nitrogen functional groups attached to an aromatic ring is 1. The van der Waals surface area contributed by atoms with Crippen LogP contribution in [-0.4, -0.2) is 24.4 Å². The van der Waals surface area contributed by atoms with Gasteiger partial charge in [-0.15, -0.1) is 0 Å². The molecule has 0 saturated heterocycles. The summed E-state index contributed by atoms with van der Waals surface area (Å²) in [6.07, 6.45) is 2.38. The fourth-order valence-electron chi connectivity index (χ4n) is 1.65. The third-order valence-corrected chi connectivity index (χ3v) is 2.82. The molecule has 2 N–H and O–H groups in total. The van der Waals surface area contributed by atoms with Gasteiger partial charge >= 0.3 is 0 Å². The van der Waals surface area contributed by atoms with E-state index in [-0.39, 0.29) is 11.6 Å². The second-order valence-corrected chi connectivity index (χ2v) is 4.37. The van der Waals surface area contributed by atoms with E-state index in [2.05, 4.69) is 0 Å². The molecule has 1 aromatic carbocycles. The SMILES string of the molecule is CN(CC1CC1)C(=O)c1ccc(N)c(F)c1. The molecule has 2 rings (SSSR count). The second-order valence-electron chi connectivity index (χ2n) is 4.37. The number of benzene rings is 1. The Morgan fingerprint density at radius 3 is 2.81 bits per heavy atom. The van der Waals surface area contributed by atoms with Crippen LogP contribution in [0.3, 0.4) is 0 Å². The molecule has 0 atom stereocenters. The summed E-state index contributed by atoms with van der Waals surface area (Å²) >= 11 is 0. The highest BCUT2D eigenvalue weighted by Gasteiger charge is 2.25. The molecule has 4 heteroatoms. The largest absolute Gasteiger partial charge is 0.396 e. The van der Waals surface area contributed by atoms with Crippen molar-refractivity contribution >= 4 is 11.6 Å². The van der Waals surface area contributed by atoms with Crippen LogP contribution >= 0.6 is 0 Å². The van der Waals surface area contributed by atoms with E-state index in [1.54, 1.807) is 18.0 Å². The third kappa shape index (κ3) is 2.32. The van der Waals surface area contributed by atoms with Gasteiger partial charge in [0.15, 0.2) is 0 Å². The number of halogens is 1. The molecule has 1 aliphatic carbocycles. The van der Waals surface area contributed by atoms with E-state index in [0.29, 0.717) is 11.5 Å². The predicted molar refractivity (Wildman–Crippen MR) is 60.5 cm³/mol. The number of hydrogen-bond acceptors (Lipinski definition) is 2. The normalized spacial score (nSPS) is 14.9. The average molecular weight is 222 g/mol. The van der Waals surface area contributed by atoms with E-state index in [4.69, 9.17) is 5.73 Å². The molecular weight excluding hydrogens is 207 g/mol. The lowest BCUT2D eigenvalue weighted by Gasteiger charge is -2.16. The summed E-state index contributed by atoms with van der Waals surface area (Å²) in [5, 5.41) is 0. The predicted octanol–water partition coefficient (Wildman–Crippen LogP) is 1.89. The minimum atomic E-state index is -0.536. The van der Waals surface area contributed by atoms with Crippen molar-refractivity contribution < 1.29 is 9.18 Å².